The number of halogens is 10. The maximum atomic E-state index is 15.6. The first-order valence-corrected chi connectivity index (χ1v) is 16.7. The van der Waals surface area contributed by atoms with E-state index in [1.807, 2.05) is 0 Å². The second-order valence-electron chi connectivity index (χ2n) is 13.0. The van der Waals surface area contributed by atoms with Gasteiger partial charge in [-0.05, 0) is 57.7 Å². The van der Waals surface area contributed by atoms with E-state index in [4.69, 9.17) is 0 Å². The van der Waals surface area contributed by atoms with Gasteiger partial charge in [0.05, 0.1) is 57.4 Å². The Kier molecular flexibility index (Phi) is 9.90. The largest absolute Gasteiger partial charge is 0.252 e. The smallest absolute Gasteiger partial charge is 0.207 e. The topological polar surface area (TPSA) is 169 Å². The van der Waals surface area contributed by atoms with Gasteiger partial charge in [0.1, 0.15) is 35.9 Å². The van der Waals surface area contributed by atoms with Gasteiger partial charge in [-0.3, -0.25) is 0 Å². The average molecular weight is 819 g/mol. The Hall–Kier alpha value is -8.32. The van der Waals surface area contributed by atoms with E-state index >= 15 is 17.6 Å². The summed E-state index contributed by atoms with van der Waals surface area (Å²) < 4.78 is 150. The third-order valence-electron chi connectivity index (χ3n) is 10.2. The number of rotatable bonds is 6. The molecule has 18 heteroatoms. The highest BCUT2D eigenvalue weighted by Crippen LogP contribution is 2.62. The number of nitrogens with zero attached hydrogens (tertiary/aromatic N) is 8. The van der Waals surface area contributed by atoms with Crippen LogP contribution in [0.3, 0.4) is 0 Å². The van der Waals surface area contributed by atoms with Crippen LogP contribution in [0.2, 0.25) is 0 Å². The Morgan fingerprint density at radius 2 is 0.733 bits per heavy atom. The molecule has 0 saturated carbocycles. The fourth-order valence-corrected chi connectivity index (χ4v) is 8.00. The lowest BCUT2D eigenvalue weighted by atomic mass is 9.73. The fraction of sp³-hybridized carbons (Fsp3) is 0.0952. The molecule has 4 unspecified atom stereocenters. The van der Waals surface area contributed by atoms with Gasteiger partial charge in [-0.15, -0.1) is 0 Å². The molecule has 7 rings (SSSR count). The van der Waals surface area contributed by atoms with Crippen molar-refractivity contribution in [3.8, 4) is 36.4 Å². The van der Waals surface area contributed by atoms with Gasteiger partial charge in [0.25, 0.3) is 23.8 Å². The molecule has 0 N–H and O–H groups in total. The summed E-state index contributed by atoms with van der Waals surface area (Å²) in [6, 6.07) is 17.5. The molecule has 0 fully saturated rings. The fourth-order valence-electron chi connectivity index (χ4n) is 8.00. The highest BCUT2D eigenvalue weighted by Gasteiger charge is 2.51. The molecule has 0 saturated heterocycles. The molecule has 4 atom stereocenters. The lowest BCUT2D eigenvalue weighted by Gasteiger charge is -2.27. The number of hydrogen-bond acceptors (Lipinski definition) is 8. The molecule has 0 radical (unpaired) electrons. The molecule has 60 heavy (non-hydrogen) atoms. The number of allylic oxidation sites excluding steroid dienone is 4. The molecule has 290 valence electrons. The summed E-state index contributed by atoms with van der Waals surface area (Å²) in [6.07, 6.45) is 0. The third kappa shape index (κ3) is 5.70. The maximum Gasteiger partial charge on any atom is 0.252 e. The first-order valence-electron chi connectivity index (χ1n) is 16.7. The minimum Gasteiger partial charge on any atom is -0.207 e. The van der Waals surface area contributed by atoms with Crippen molar-refractivity contribution in [1.82, 2.24) is 9.97 Å². The normalized spacial score (nSPS) is 16.1. The van der Waals surface area contributed by atoms with E-state index in [2.05, 4.69) is 9.97 Å². The van der Waals surface area contributed by atoms with Crippen LogP contribution in [0, 0.1) is 127 Å². The predicted octanol–water partition coefficient (Wildman–Crippen LogP) is 9.29. The molecule has 2 aromatic heterocycles. The first-order chi connectivity index (χ1) is 28.7. The molecule has 0 amide bonds. The number of nitriles is 6. The van der Waals surface area contributed by atoms with Crippen molar-refractivity contribution in [2.75, 3.05) is 0 Å². The monoisotopic (exact) mass is 818 g/mol. The van der Waals surface area contributed by atoms with Crippen LogP contribution >= 0.6 is 0 Å². The van der Waals surface area contributed by atoms with Gasteiger partial charge < -0.3 is 0 Å². The molecule has 0 aliphatic heterocycles. The van der Waals surface area contributed by atoms with Gasteiger partial charge in [-0.25, -0.2) is 26.3 Å². The van der Waals surface area contributed by atoms with Crippen LogP contribution in [0.1, 0.15) is 79.3 Å². The van der Waals surface area contributed by atoms with Gasteiger partial charge in [0.15, 0.2) is 23.3 Å². The molecule has 0 spiro atoms. The van der Waals surface area contributed by atoms with Crippen molar-refractivity contribution in [3.63, 3.8) is 0 Å². The van der Waals surface area contributed by atoms with Crippen LogP contribution < -0.4 is 0 Å². The Balaban J connectivity index is 1.72. The highest BCUT2D eigenvalue weighted by atomic mass is 19.2. The van der Waals surface area contributed by atoms with E-state index in [0.29, 0.717) is 0 Å². The maximum absolute atomic E-state index is 15.6. The number of pyridine rings is 2. The van der Waals surface area contributed by atoms with Crippen molar-refractivity contribution < 1.29 is 43.9 Å². The zero-order chi connectivity index (χ0) is 43.5. The second-order valence-corrected chi connectivity index (χ2v) is 13.0. The second kappa shape index (κ2) is 14.9. The number of hydrogen-bond donors (Lipinski definition) is 0. The predicted molar refractivity (Wildman–Crippen MR) is 184 cm³/mol. The van der Waals surface area contributed by atoms with Crippen molar-refractivity contribution in [2.24, 2.45) is 0 Å². The third-order valence-corrected chi connectivity index (χ3v) is 10.2. The summed E-state index contributed by atoms with van der Waals surface area (Å²) in [5.41, 5.74) is -10.1. The van der Waals surface area contributed by atoms with Crippen LogP contribution in [0.4, 0.5) is 43.9 Å². The Morgan fingerprint density at radius 1 is 0.433 bits per heavy atom. The van der Waals surface area contributed by atoms with Gasteiger partial charge in [-0.1, -0.05) is 24.3 Å². The molecule has 3 aromatic carbocycles. The number of benzene rings is 3. The Bertz CT molecular complexity index is 2820. The van der Waals surface area contributed by atoms with E-state index in [9.17, 15) is 57.9 Å². The van der Waals surface area contributed by atoms with E-state index in [0.717, 1.165) is 48.5 Å². The summed E-state index contributed by atoms with van der Waals surface area (Å²) in [7, 11) is 0. The summed E-state index contributed by atoms with van der Waals surface area (Å²) in [5.74, 6) is -28.4. The van der Waals surface area contributed by atoms with Crippen LogP contribution in [0.15, 0.2) is 48.5 Å². The lowest BCUT2D eigenvalue weighted by Crippen LogP contribution is -2.20. The molecule has 8 nitrogen and oxygen atoms in total. The Labute approximate surface area is 330 Å². The molecule has 0 bridgehead atoms. The van der Waals surface area contributed by atoms with E-state index in [-0.39, 0.29) is 11.1 Å². The minimum atomic E-state index is -2.47. The van der Waals surface area contributed by atoms with Crippen molar-refractivity contribution in [2.45, 2.75) is 23.7 Å². The SMILES string of the molecule is N#CC1=C(c2ccc(F)cc2)C(C(C#N)c2c(F)c(F)nc(F)c2F)c2c(C#N)c3c(c(C#N)c21)C(C(C#N)c1c(F)c(F)nc(F)c1F)C(c1ccc(F)cc1)=C3C#N. The highest BCUT2D eigenvalue weighted by molar-refractivity contribution is 6.13. The van der Waals surface area contributed by atoms with E-state index < -0.39 is 149 Å². The standard InChI is InChI=1S/C42H12F10N8/c43-17-5-1-15(2-6-17)25-19(9-53)27-21(11-55)32-28(22(12-56)31(27)29(25)23(13-57)33-35(45)39(49)59-40(50)36(33)46)20(10-54)26(16-3-7-18(44)8-4-16)30(32)24(14-58)34-37(47)41(51)60-42(52)38(34)48/h1-8,23-24,29-30H. The Morgan fingerprint density at radius 3 is 0.983 bits per heavy atom. The molecular formula is C42H12F10N8. The van der Waals surface area contributed by atoms with Gasteiger partial charge >= 0.3 is 0 Å². The quantitative estimate of drug-likeness (QED) is 0.121. The number of fused-ring (bicyclic) bond motifs is 2. The minimum absolute atomic E-state index is 0.209. The van der Waals surface area contributed by atoms with E-state index in [1.165, 1.54) is 12.1 Å². The summed E-state index contributed by atoms with van der Waals surface area (Å²) in [5, 5.41) is 64.7. The average Bonchev–Trinajstić information content (AvgIpc) is 3.75. The summed E-state index contributed by atoms with van der Waals surface area (Å²) in [6.45, 7) is 0. The number of aromatic nitrogens is 2. The molecule has 2 aliphatic rings. The van der Waals surface area contributed by atoms with Crippen molar-refractivity contribution in [1.29, 1.82) is 31.6 Å². The first kappa shape index (κ1) is 39.9. The zero-order valence-electron chi connectivity index (χ0n) is 29.3. The summed E-state index contributed by atoms with van der Waals surface area (Å²) in [4.78, 5) is 5.00. The van der Waals surface area contributed by atoms with Crippen LogP contribution in [-0.2, 0) is 0 Å². The zero-order valence-corrected chi connectivity index (χ0v) is 29.3. The van der Waals surface area contributed by atoms with Crippen LogP contribution in [0.25, 0.3) is 22.3 Å². The van der Waals surface area contributed by atoms with Gasteiger partial charge in [0.2, 0.25) is 0 Å². The van der Waals surface area contributed by atoms with Crippen LogP contribution in [-0.4, -0.2) is 9.97 Å². The summed E-state index contributed by atoms with van der Waals surface area (Å²) >= 11 is 0. The van der Waals surface area contributed by atoms with Crippen molar-refractivity contribution >= 4 is 22.3 Å². The lowest BCUT2D eigenvalue weighted by molar-refractivity contribution is 0.390. The molecule has 2 aliphatic carbocycles. The molecular weight excluding hydrogens is 806 g/mol. The van der Waals surface area contributed by atoms with Gasteiger partial charge in [-0.2, -0.15) is 59.1 Å². The molecule has 2 heterocycles. The van der Waals surface area contributed by atoms with Crippen molar-refractivity contribution in [3.05, 3.63) is 163 Å². The van der Waals surface area contributed by atoms with Crippen LogP contribution in [0.5, 0.6) is 0 Å². The van der Waals surface area contributed by atoms with E-state index in [1.54, 1.807) is 24.3 Å². The molecule has 5 aromatic rings. The van der Waals surface area contributed by atoms with Gasteiger partial charge in [0, 0.05) is 23.0 Å².